The fourth-order valence-corrected chi connectivity index (χ4v) is 8.18. The number of rotatable bonds is 7. The van der Waals surface area contributed by atoms with Crippen LogP contribution in [-0.4, -0.2) is 53.3 Å². The van der Waals surface area contributed by atoms with Crippen molar-refractivity contribution in [1.29, 1.82) is 0 Å². The van der Waals surface area contributed by atoms with E-state index in [0.717, 1.165) is 11.3 Å². The lowest BCUT2D eigenvalue weighted by atomic mass is 10.1. The van der Waals surface area contributed by atoms with Gasteiger partial charge in [-0.1, -0.05) is 23.7 Å². The Morgan fingerprint density at radius 3 is 2.54 bits per heavy atom. The van der Waals surface area contributed by atoms with Gasteiger partial charge in [-0.15, -0.1) is 0 Å². The van der Waals surface area contributed by atoms with Crippen molar-refractivity contribution < 1.29 is 21.6 Å². The molecule has 0 bridgehead atoms. The van der Waals surface area contributed by atoms with Crippen molar-refractivity contribution in [2.45, 2.75) is 22.6 Å². The molecule has 0 saturated carbocycles. The van der Waals surface area contributed by atoms with Crippen LogP contribution in [0.1, 0.15) is 5.56 Å². The molecule has 1 aliphatic rings. The molecule has 1 saturated heterocycles. The third-order valence-corrected chi connectivity index (χ3v) is 9.21. The summed E-state index contributed by atoms with van der Waals surface area (Å²) >= 11 is 5.83. The quantitative estimate of drug-likeness (QED) is 0.705. The van der Waals surface area contributed by atoms with Crippen LogP contribution in [0.15, 0.2) is 53.4 Å². The number of benzene rings is 2. The van der Waals surface area contributed by atoms with Crippen LogP contribution in [0.2, 0.25) is 5.02 Å². The van der Waals surface area contributed by atoms with Gasteiger partial charge in [0, 0.05) is 11.1 Å². The van der Waals surface area contributed by atoms with Gasteiger partial charge >= 0.3 is 0 Å². The van der Waals surface area contributed by atoms with Crippen LogP contribution in [0.5, 0.6) is 5.75 Å². The Hall–Kier alpha value is -1.61. The number of ether oxygens (including phenoxy) is 1. The molecule has 0 aromatic heterocycles. The second-order valence-electron chi connectivity index (χ2n) is 6.78. The van der Waals surface area contributed by atoms with Gasteiger partial charge in [0.15, 0.2) is 19.7 Å². The summed E-state index contributed by atoms with van der Waals surface area (Å²) in [6.45, 7) is 0.458. The second kappa shape index (κ2) is 8.41. The minimum atomic E-state index is -3.80. The number of methoxy groups -OCH3 is 1. The molecule has 2 aromatic rings. The lowest BCUT2D eigenvalue weighted by molar-refractivity contribution is 0.414. The maximum absolute atomic E-state index is 13.0. The first-order valence-electron chi connectivity index (χ1n) is 8.77. The Morgan fingerprint density at radius 1 is 1.14 bits per heavy atom. The molecule has 152 valence electrons. The maximum Gasteiger partial charge on any atom is 0.183 e. The van der Waals surface area contributed by atoms with Crippen molar-refractivity contribution in [1.82, 2.24) is 5.32 Å². The molecule has 0 amide bonds. The molecule has 0 radical (unpaired) electrons. The van der Waals surface area contributed by atoms with E-state index in [-0.39, 0.29) is 16.4 Å². The highest BCUT2D eigenvalue weighted by atomic mass is 35.5. The van der Waals surface area contributed by atoms with Crippen molar-refractivity contribution in [3.63, 3.8) is 0 Å². The molecule has 1 heterocycles. The molecule has 2 aromatic carbocycles. The summed E-state index contributed by atoms with van der Waals surface area (Å²) in [6, 6.07) is 12.7. The van der Waals surface area contributed by atoms with Gasteiger partial charge in [-0.05, 0) is 54.9 Å². The summed E-state index contributed by atoms with van der Waals surface area (Å²) in [6.07, 6.45) is 0.626. The van der Waals surface area contributed by atoms with Crippen molar-refractivity contribution in [2.24, 2.45) is 0 Å². The molecule has 28 heavy (non-hydrogen) atoms. The largest absolute Gasteiger partial charge is 0.497 e. The van der Waals surface area contributed by atoms with Crippen LogP contribution in [0.25, 0.3) is 0 Å². The Kier molecular flexibility index (Phi) is 6.34. The molecular formula is C19H22ClNO5S2. The van der Waals surface area contributed by atoms with E-state index >= 15 is 0 Å². The summed E-state index contributed by atoms with van der Waals surface area (Å²) in [5.41, 5.74) is 1.02. The van der Waals surface area contributed by atoms with Crippen LogP contribution >= 0.6 is 11.6 Å². The number of hydrogen-bond acceptors (Lipinski definition) is 6. The average Bonchev–Trinajstić information content (AvgIpc) is 2.97. The number of sulfone groups is 2. The van der Waals surface area contributed by atoms with Crippen molar-refractivity contribution in [3.05, 3.63) is 59.1 Å². The van der Waals surface area contributed by atoms with E-state index < -0.39 is 31.0 Å². The van der Waals surface area contributed by atoms with E-state index in [1.54, 1.807) is 7.11 Å². The summed E-state index contributed by atoms with van der Waals surface area (Å²) in [7, 11) is -5.65. The molecule has 3 rings (SSSR count). The van der Waals surface area contributed by atoms with E-state index in [1.165, 1.54) is 24.3 Å². The predicted octanol–water partition coefficient (Wildman–Crippen LogP) is 2.12. The molecular weight excluding hydrogens is 422 g/mol. The normalized spacial score (nSPS) is 21.5. The number of nitrogens with one attached hydrogen (secondary N) is 1. The summed E-state index contributed by atoms with van der Waals surface area (Å²) in [4.78, 5) is 0.0820. The van der Waals surface area contributed by atoms with E-state index in [2.05, 4.69) is 5.32 Å². The van der Waals surface area contributed by atoms with E-state index in [9.17, 15) is 16.8 Å². The van der Waals surface area contributed by atoms with Crippen molar-refractivity contribution in [3.8, 4) is 5.75 Å². The van der Waals surface area contributed by atoms with Gasteiger partial charge in [0.05, 0.1) is 28.8 Å². The highest BCUT2D eigenvalue weighted by Gasteiger charge is 2.45. The Bertz CT molecular complexity index is 1040. The van der Waals surface area contributed by atoms with Crippen LogP contribution in [0, 0.1) is 0 Å². The first-order valence-corrected chi connectivity index (χ1v) is 12.5. The van der Waals surface area contributed by atoms with Gasteiger partial charge in [-0.3, -0.25) is 0 Å². The van der Waals surface area contributed by atoms with Gasteiger partial charge < -0.3 is 10.1 Å². The van der Waals surface area contributed by atoms with Gasteiger partial charge in [0.1, 0.15) is 5.75 Å². The monoisotopic (exact) mass is 443 g/mol. The third kappa shape index (κ3) is 4.86. The molecule has 0 aliphatic carbocycles. The lowest BCUT2D eigenvalue weighted by Gasteiger charge is -2.20. The van der Waals surface area contributed by atoms with Gasteiger partial charge in [-0.2, -0.15) is 0 Å². The van der Waals surface area contributed by atoms with E-state index in [0.29, 0.717) is 18.0 Å². The average molecular weight is 444 g/mol. The van der Waals surface area contributed by atoms with Crippen molar-refractivity contribution in [2.75, 3.05) is 25.2 Å². The molecule has 2 unspecified atom stereocenters. The smallest absolute Gasteiger partial charge is 0.183 e. The van der Waals surface area contributed by atoms with Crippen molar-refractivity contribution >= 4 is 31.3 Å². The molecule has 2 atom stereocenters. The zero-order chi connectivity index (χ0) is 20.4. The zero-order valence-corrected chi connectivity index (χ0v) is 17.7. The summed E-state index contributed by atoms with van der Waals surface area (Å²) < 4.78 is 55.5. The topological polar surface area (TPSA) is 89.5 Å². The Labute approximate surface area is 170 Å². The van der Waals surface area contributed by atoms with Crippen LogP contribution < -0.4 is 10.1 Å². The predicted molar refractivity (Wildman–Crippen MR) is 110 cm³/mol. The highest BCUT2D eigenvalue weighted by Crippen LogP contribution is 2.27. The molecule has 1 N–H and O–H groups in total. The van der Waals surface area contributed by atoms with Crippen LogP contribution in [0.3, 0.4) is 0 Å². The SMILES string of the molecule is COc1cccc(CCNC2CS(=O)(=O)CC2S(=O)(=O)c2ccc(Cl)cc2)c1. The lowest BCUT2D eigenvalue weighted by Crippen LogP contribution is -2.44. The number of hydrogen-bond donors (Lipinski definition) is 1. The van der Waals surface area contributed by atoms with E-state index in [1.807, 2.05) is 24.3 Å². The van der Waals surface area contributed by atoms with Crippen LogP contribution in [-0.2, 0) is 26.1 Å². The fraction of sp³-hybridized carbons (Fsp3) is 0.368. The van der Waals surface area contributed by atoms with Gasteiger partial charge in [-0.25, -0.2) is 16.8 Å². The highest BCUT2D eigenvalue weighted by molar-refractivity contribution is 7.96. The van der Waals surface area contributed by atoms with Gasteiger partial charge in [0.2, 0.25) is 0 Å². The minimum absolute atomic E-state index is 0.0820. The molecule has 1 fully saturated rings. The fourth-order valence-electron chi connectivity index (χ4n) is 3.34. The zero-order valence-electron chi connectivity index (χ0n) is 15.3. The molecule has 0 spiro atoms. The first kappa shape index (κ1) is 21.1. The molecule has 6 nitrogen and oxygen atoms in total. The standard InChI is InChI=1S/C19H22ClNO5S2/c1-26-16-4-2-3-14(11-16)9-10-21-18-12-27(22,23)13-19(18)28(24,25)17-7-5-15(20)6-8-17/h2-8,11,18-19,21H,9-10,12-13H2,1H3. The van der Waals surface area contributed by atoms with Gasteiger partial charge in [0.25, 0.3) is 0 Å². The minimum Gasteiger partial charge on any atom is -0.497 e. The third-order valence-electron chi connectivity index (χ3n) is 4.80. The number of halogens is 1. The van der Waals surface area contributed by atoms with Crippen LogP contribution in [0.4, 0.5) is 0 Å². The maximum atomic E-state index is 13.0. The summed E-state index contributed by atoms with van der Waals surface area (Å²) in [5, 5.41) is 2.53. The Morgan fingerprint density at radius 2 is 1.86 bits per heavy atom. The molecule has 9 heteroatoms. The molecule has 1 aliphatic heterocycles. The summed E-state index contributed by atoms with van der Waals surface area (Å²) in [5.74, 6) is 0.168. The second-order valence-corrected chi connectivity index (χ2v) is 11.5. The Balaban J connectivity index is 1.74. The first-order chi connectivity index (χ1) is 13.2. The van der Waals surface area contributed by atoms with E-state index in [4.69, 9.17) is 16.3 Å².